The molecule has 1 heterocycles. The van der Waals surface area contributed by atoms with E-state index in [9.17, 15) is 4.79 Å². The lowest BCUT2D eigenvalue weighted by molar-refractivity contribution is -0.133. The quantitative estimate of drug-likeness (QED) is 0.733. The maximum atomic E-state index is 12.7. The van der Waals surface area contributed by atoms with Crippen LogP contribution in [0.5, 0.6) is 0 Å². The first-order chi connectivity index (χ1) is 11.7. The second-order valence-electron chi connectivity index (χ2n) is 6.01. The molecule has 0 bridgehead atoms. The van der Waals surface area contributed by atoms with E-state index in [1.807, 2.05) is 66.6 Å². The van der Waals surface area contributed by atoms with E-state index in [2.05, 4.69) is 11.1 Å². The van der Waals surface area contributed by atoms with Crippen molar-refractivity contribution in [3.8, 4) is 0 Å². The number of fused-ring (bicyclic) bond motifs is 1. The van der Waals surface area contributed by atoms with Crippen LogP contribution >= 0.6 is 0 Å². The number of likely N-dealkylation sites (N-methyl/N-ethyl adjacent to an activating group) is 1. The van der Waals surface area contributed by atoms with Crippen molar-refractivity contribution in [3.05, 3.63) is 71.9 Å². The summed E-state index contributed by atoms with van der Waals surface area (Å²) in [6.45, 7) is 3.23. The van der Waals surface area contributed by atoms with Crippen molar-refractivity contribution in [2.75, 3.05) is 6.54 Å². The van der Waals surface area contributed by atoms with E-state index in [1.54, 1.807) is 0 Å². The van der Waals surface area contributed by atoms with Crippen LogP contribution in [0.15, 0.2) is 60.8 Å². The van der Waals surface area contributed by atoms with Gasteiger partial charge < -0.3 is 15.6 Å². The van der Waals surface area contributed by atoms with Crippen molar-refractivity contribution in [2.24, 2.45) is 5.73 Å². The third-order valence-electron chi connectivity index (χ3n) is 4.34. The number of rotatable bonds is 6. The summed E-state index contributed by atoms with van der Waals surface area (Å²) in [5.74, 6) is -0.00775. The summed E-state index contributed by atoms with van der Waals surface area (Å²) in [5.41, 5.74) is 9.50. The number of aromatic nitrogens is 1. The molecule has 124 valence electrons. The van der Waals surface area contributed by atoms with Gasteiger partial charge in [0.15, 0.2) is 0 Å². The van der Waals surface area contributed by atoms with Gasteiger partial charge in [-0.1, -0.05) is 48.5 Å². The molecule has 0 unspecified atom stereocenters. The summed E-state index contributed by atoms with van der Waals surface area (Å²) in [6, 6.07) is 17.5. The zero-order valence-corrected chi connectivity index (χ0v) is 13.9. The van der Waals surface area contributed by atoms with Crippen molar-refractivity contribution in [1.82, 2.24) is 9.88 Å². The van der Waals surface area contributed by atoms with E-state index >= 15 is 0 Å². The molecule has 0 aliphatic rings. The van der Waals surface area contributed by atoms with Gasteiger partial charge in [0.25, 0.3) is 0 Å². The van der Waals surface area contributed by atoms with E-state index in [4.69, 9.17) is 5.73 Å². The van der Waals surface area contributed by atoms with Gasteiger partial charge in [0.2, 0.25) is 5.91 Å². The van der Waals surface area contributed by atoms with Crippen molar-refractivity contribution in [1.29, 1.82) is 0 Å². The van der Waals surface area contributed by atoms with Crippen molar-refractivity contribution < 1.29 is 4.79 Å². The number of nitrogens with two attached hydrogens (primary N) is 1. The minimum absolute atomic E-state index is 0.00775. The second kappa shape index (κ2) is 7.32. The number of carbonyl (C=O) groups is 1. The molecule has 3 rings (SSSR count). The van der Waals surface area contributed by atoms with Gasteiger partial charge in [-0.05, 0) is 30.5 Å². The monoisotopic (exact) mass is 321 g/mol. The number of hydrogen-bond donors (Lipinski definition) is 2. The Kier molecular flexibility index (Phi) is 4.96. The maximum absolute atomic E-state index is 12.7. The van der Waals surface area contributed by atoms with Gasteiger partial charge in [0.05, 0.1) is 6.04 Å². The number of benzene rings is 2. The lowest BCUT2D eigenvalue weighted by Crippen LogP contribution is -2.44. The number of para-hydroxylation sites is 1. The number of amides is 1. The first kappa shape index (κ1) is 16.3. The molecule has 2 aromatic carbocycles. The number of nitrogens with one attached hydrogen (secondary N) is 1. The van der Waals surface area contributed by atoms with Crippen LogP contribution in [0.25, 0.3) is 10.9 Å². The van der Waals surface area contributed by atoms with E-state index in [0.717, 1.165) is 22.0 Å². The molecule has 24 heavy (non-hydrogen) atoms. The molecule has 0 spiro atoms. The fourth-order valence-corrected chi connectivity index (χ4v) is 3.01. The van der Waals surface area contributed by atoms with E-state index in [-0.39, 0.29) is 5.91 Å². The number of H-pyrrole nitrogens is 1. The summed E-state index contributed by atoms with van der Waals surface area (Å²) in [7, 11) is 0. The highest BCUT2D eigenvalue weighted by molar-refractivity contribution is 5.86. The molecule has 0 saturated heterocycles. The average molecular weight is 321 g/mol. The summed E-state index contributed by atoms with van der Waals surface area (Å²) in [4.78, 5) is 17.8. The Hall–Kier alpha value is -2.59. The molecular formula is C20H23N3O. The minimum Gasteiger partial charge on any atom is -0.361 e. The van der Waals surface area contributed by atoms with E-state index in [1.165, 1.54) is 0 Å². The van der Waals surface area contributed by atoms with Gasteiger partial charge in [-0.25, -0.2) is 0 Å². The molecule has 1 aromatic heterocycles. The topological polar surface area (TPSA) is 62.1 Å². The van der Waals surface area contributed by atoms with Crippen LogP contribution in [0.1, 0.15) is 18.1 Å². The molecule has 0 saturated carbocycles. The third kappa shape index (κ3) is 3.49. The van der Waals surface area contributed by atoms with Crippen LogP contribution < -0.4 is 5.73 Å². The third-order valence-corrected chi connectivity index (χ3v) is 4.34. The highest BCUT2D eigenvalue weighted by Crippen LogP contribution is 2.19. The molecule has 0 aliphatic carbocycles. The highest BCUT2D eigenvalue weighted by atomic mass is 16.2. The maximum Gasteiger partial charge on any atom is 0.240 e. The smallest absolute Gasteiger partial charge is 0.240 e. The Morgan fingerprint density at radius 3 is 2.58 bits per heavy atom. The lowest BCUT2D eigenvalue weighted by Gasteiger charge is -2.24. The Morgan fingerprint density at radius 2 is 1.83 bits per heavy atom. The van der Waals surface area contributed by atoms with Crippen LogP contribution in [0.2, 0.25) is 0 Å². The zero-order chi connectivity index (χ0) is 16.9. The van der Waals surface area contributed by atoms with Gasteiger partial charge in [-0.3, -0.25) is 4.79 Å². The highest BCUT2D eigenvalue weighted by Gasteiger charge is 2.21. The van der Waals surface area contributed by atoms with Crippen molar-refractivity contribution in [2.45, 2.75) is 25.9 Å². The molecule has 1 atom stereocenters. The Bertz CT molecular complexity index is 810. The Balaban J connectivity index is 1.71. The van der Waals surface area contributed by atoms with Crippen LogP contribution in [0, 0.1) is 0 Å². The predicted octanol–water partition coefficient (Wildman–Crippen LogP) is 3.09. The molecule has 4 heteroatoms. The minimum atomic E-state index is -0.534. The van der Waals surface area contributed by atoms with Crippen molar-refractivity contribution >= 4 is 16.8 Å². The fourth-order valence-electron chi connectivity index (χ4n) is 3.01. The SMILES string of the molecule is CCN(Cc1ccccc1)C(=O)[C@@H](N)Cc1c[nH]c2ccccc12. The molecule has 1 amide bonds. The largest absolute Gasteiger partial charge is 0.361 e. The number of carbonyl (C=O) groups excluding carboxylic acids is 1. The molecule has 3 N–H and O–H groups in total. The van der Waals surface area contributed by atoms with Gasteiger partial charge in [-0.15, -0.1) is 0 Å². The first-order valence-corrected chi connectivity index (χ1v) is 8.32. The van der Waals surface area contributed by atoms with Gasteiger partial charge >= 0.3 is 0 Å². The predicted molar refractivity (Wildman–Crippen MR) is 97.5 cm³/mol. The standard InChI is InChI=1S/C20H23N3O/c1-2-23(14-15-8-4-3-5-9-15)20(24)18(21)12-16-13-22-19-11-7-6-10-17(16)19/h3-11,13,18,22H,2,12,14,21H2,1H3/t18-/m0/s1. The summed E-state index contributed by atoms with van der Waals surface area (Å²) >= 11 is 0. The molecule has 0 aliphatic heterocycles. The summed E-state index contributed by atoms with van der Waals surface area (Å²) in [5, 5.41) is 1.13. The lowest BCUT2D eigenvalue weighted by atomic mass is 10.0. The van der Waals surface area contributed by atoms with Crippen LogP contribution in [0.3, 0.4) is 0 Å². The summed E-state index contributed by atoms with van der Waals surface area (Å²) in [6.07, 6.45) is 2.49. The van der Waals surface area contributed by atoms with Crippen LogP contribution in [-0.4, -0.2) is 28.4 Å². The number of nitrogens with zero attached hydrogens (tertiary/aromatic N) is 1. The first-order valence-electron chi connectivity index (χ1n) is 8.32. The van der Waals surface area contributed by atoms with Gasteiger partial charge in [0.1, 0.15) is 0 Å². The number of hydrogen-bond acceptors (Lipinski definition) is 2. The Morgan fingerprint density at radius 1 is 1.12 bits per heavy atom. The molecule has 0 fully saturated rings. The van der Waals surface area contributed by atoms with E-state index < -0.39 is 6.04 Å². The zero-order valence-electron chi connectivity index (χ0n) is 13.9. The molecule has 0 radical (unpaired) electrons. The average Bonchev–Trinajstić information content (AvgIpc) is 3.03. The van der Waals surface area contributed by atoms with Crippen LogP contribution in [0.4, 0.5) is 0 Å². The molecular weight excluding hydrogens is 298 g/mol. The fraction of sp³-hybridized carbons (Fsp3) is 0.250. The second-order valence-corrected chi connectivity index (χ2v) is 6.01. The Labute approximate surface area is 142 Å². The van der Waals surface area contributed by atoms with Gasteiger partial charge in [0, 0.05) is 30.2 Å². The molecule has 4 nitrogen and oxygen atoms in total. The number of aromatic amines is 1. The summed E-state index contributed by atoms with van der Waals surface area (Å²) < 4.78 is 0. The van der Waals surface area contributed by atoms with E-state index in [0.29, 0.717) is 19.5 Å². The van der Waals surface area contributed by atoms with Gasteiger partial charge in [-0.2, -0.15) is 0 Å². The van der Waals surface area contributed by atoms with Crippen LogP contribution in [-0.2, 0) is 17.8 Å². The normalized spacial score (nSPS) is 12.2. The van der Waals surface area contributed by atoms with Crippen molar-refractivity contribution in [3.63, 3.8) is 0 Å². The molecule has 3 aromatic rings.